The van der Waals surface area contributed by atoms with Crippen molar-refractivity contribution >= 4 is 28.5 Å². The monoisotopic (exact) mass is 458 g/mol. The zero-order chi connectivity index (χ0) is 23.3. The zero-order valence-corrected chi connectivity index (χ0v) is 17.9. The molecule has 0 radical (unpaired) electrons. The van der Waals surface area contributed by atoms with Gasteiger partial charge in [0.2, 0.25) is 11.9 Å². The number of aromatic nitrogens is 6. The number of amides is 1. The summed E-state index contributed by atoms with van der Waals surface area (Å²) in [7, 11) is 0. The van der Waals surface area contributed by atoms with Gasteiger partial charge in [0.05, 0.1) is 36.5 Å². The smallest absolute Gasteiger partial charge is 0.256 e. The van der Waals surface area contributed by atoms with Gasteiger partial charge in [-0.2, -0.15) is 0 Å². The molecule has 1 saturated heterocycles. The molecule has 0 unspecified atom stereocenters. The summed E-state index contributed by atoms with van der Waals surface area (Å²) in [5.41, 5.74) is 2.87. The van der Waals surface area contributed by atoms with Gasteiger partial charge in [0.25, 0.3) is 6.43 Å². The molecular formula is C21H21F3N8O. The maximum absolute atomic E-state index is 14.3. The summed E-state index contributed by atoms with van der Waals surface area (Å²) < 4.78 is 43.3. The number of fused-ring (bicyclic) bond motifs is 2. The number of hydrogen-bond acceptors (Lipinski definition) is 6. The predicted octanol–water partition coefficient (Wildman–Crippen LogP) is 2.70. The summed E-state index contributed by atoms with van der Waals surface area (Å²) in [5, 5.41) is 7.35. The fourth-order valence-electron chi connectivity index (χ4n) is 4.13. The Bertz CT molecular complexity index is 1350. The molecule has 4 aromatic rings. The highest BCUT2D eigenvalue weighted by atomic mass is 19.3. The molecule has 1 fully saturated rings. The molecule has 9 nitrogen and oxygen atoms in total. The highest BCUT2D eigenvalue weighted by Gasteiger charge is 2.34. The number of nitrogens with zero attached hydrogens (tertiary/aromatic N) is 7. The number of alkyl halides is 3. The molecule has 5 rings (SSSR count). The molecule has 0 bridgehead atoms. The normalized spacial score (nSPS) is 18.7. The van der Waals surface area contributed by atoms with E-state index in [1.807, 2.05) is 0 Å². The Morgan fingerprint density at radius 2 is 2.06 bits per heavy atom. The van der Waals surface area contributed by atoms with E-state index >= 15 is 0 Å². The molecule has 33 heavy (non-hydrogen) atoms. The predicted molar refractivity (Wildman–Crippen MR) is 115 cm³/mol. The molecule has 12 heteroatoms. The van der Waals surface area contributed by atoms with Crippen molar-refractivity contribution in [3.8, 4) is 11.3 Å². The van der Waals surface area contributed by atoms with Crippen molar-refractivity contribution in [2.45, 2.75) is 39.0 Å². The number of carbonyl (C=O) groups excluding carboxylic acids is 1. The van der Waals surface area contributed by atoms with E-state index in [0.717, 1.165) is 5.56 Å². The molecule has 0 saturated carbocycles. The molecule has 2 atom stereocenters. The largest absolute Gasteiger partial charge is 0.345 e. The Kier molecular flexibility index (Phi) is 5.14. The Hall–Kier alpha value is -3.70. The average Bonchev–Trinajstić information content (AvgIpc) is 3.43. The summed E-state index contributed by atoms with van der Waals surface area (Å²) >= 11 is 0. The van der Waals surface area contributed by atoms with Crippen LogP contribution in [-0.4, -0.2) is 71.7 Å². The second-order valence-corrected chi connectivity index (χ2v) is 8.03. The van der Waals surface area contributed by atoms with Crippen LogP contribution in [0.3, 0.4) is 0 Å². The fraction of sp³-hybridized carbons (Fsp3) is 0.381. The number of carbonyl (C=O) groups is 1. The summed E-state index contributed by atoms with van der Waals surface area (Å²) in [6.45, 7) is 2.88. The molecule has 1 amide bonds. The van der Waals surface area contributed by atoms with Crippen LogP contribution in [0.15, 0.2) is 30.6 Å². The van der Waals surface area contributed by atoms with E-state index in [4.69, 9.17) is 0 Å². The van der Waals surface area contributed by atoms with E-state index in [-0.39, 0.29) is 24.9 Å². The summed E-state index contributed by atoms with van der Waals surface area (Å²) in [6, 6.07) is 4.72. The minimum absolute atomic E-state index is 0.0404. The molecule has 5 heterocycles. The van der Waals surface area contributed by atoms with E-state index in [9.17, 15) is 18.0 Å². The van der Waals surface area contributed by atoms with Gasteiger partial charge in [0, 0.05) is 25.2 Å². The minimum Gasteiger partial charge on any atom is -0.345 e. The first-order chi connectivity index (χ1) is 15.8. The van der Waals surface area contributed by atoms with Crippen LogP contribution in [0.1, 0.15) is 12.7 Å². The highest BCUT2D eigenvalue weighted by molar-refractivity contribution is 5.82. The van der Waals surface area contributed by atoms with E-state index in [2.05, 4.69) is 25.4 Å². The number of nitrogens with one attached hydrogen (secondary N) is 1. The van der Waals surface area contributed by atoms with Crippen LogP contribution >= 0.6 is 0 Å². The third-order valence-electron chi connectivity index (χ3n) is 5.80. The lowest BCUT2D eigenvalue weighted by Crippen LogP contribution is -2.31. The molecule has 0 aromatic carbocycles. The topological polar surface area (TPSA) is 93.2 Å². The summed E-state index contributed by atoms with van der Waals surface area (Å²) in [5.74, 6) is 0.525. The van der Waals surface area contributed by atoms with Crippen molar-refractivity contribution < 1.29 is 18.0 Å². The lowest BCUT2D eigenvalue weighted by atomic mass is 10.2. The Balaban J connectivity index is 1.44. The van der Waals surface area contributed by atoms with Crippen LogP contribution in [0, 0.1) is 6.92 Å². The number of pyridine rings is 1. The maximum Gasteiger partial charge on any atom is 0.256 e. The van der Waals surface area contributed by atoms with Crippen LogP contribution in [0.4, 0.5) is 19.1 Å². The van der Waals surface area contributed by atoms with Crippen LogP contribution in [0.25, 0.3) is 27.9 Å². The quantitative estimate of drug-likeness (QED) is 0.494. The minimum atomic E-state index is -2.52. The van der Waals surface area contributed by atoms with Crippen LogP contribution < -0.4 is 5.32 Å². The van der Waals surface area contributed by atoms with Crippen molar-refractivity contribution in [1.29, 1.82) is 0 Å². The Morgan fingerprint density at radius 3 is 2.79 bits per heavy atom. The van der Waals surface area contributed by atoms with Gasteiger partial charge >= 0.3 is 0 Å². The molecule has 4 aromatic heterocycles. The van der Waals surface area contributed by atoms with Gasteiger partial charge in [0.1, 0.15) is 17.5 Å². The molecular weight excluding hydrogens is 437 g/mol. The summed E-state index contributed by atoms with van der Waals surface area (Å²) in [4.78, 5) is 26.1. The second kappa shape index (κ2) is 8.01. The van der Waals surface area contributed by atoms with Gasteiger partial charge in [-0.25, -0.2) is 32.6 Å². The molecule has 1 aliphatic rings. The Labute approximate surface area is 186 Å². The first-order valence-corrected chi connectivity index (χ1v) is 10.4. The van der Waals surface area contributed by atoms with E-state index in [1.54, 1.807) is 42.0 Å². The number of likely N-dealkylation sites (tertiary alicyclic amines) is 1. The van der Waals surface area contributed by atoms with Gasteiger partial charge in [-0.05, 0) is 25.1 Å². The highest BCUT2D eigenvalue weighted by Crippen LogP contribution is 2.27. The van der Waals surface area contributed by atoms with Gasteiger partial charge in [0.15, 0.2) is 5.65 Å². The number of rotatable bonds is 5. The SMILES string of the molecule is CC(=O)N1C[C@H](Nc2ncc3c(-c4ccc5nc(C)n(CC(F)F)c5n4)ccn3n2)[C@@H](F)C1. The molecule has 172 valence electrons. The van der Waals surface area contributed by atoms with E-state index < -0.39 is 25.2 Å². The van der Waals surface area contributed by atoms with E-state index in [1.165, 1.54) is 16.4 Å². The lowest BCUT2D eigenvalue weighted by molar-refractivity contribution is -0.128. The standard InChI is InChI=1S/C21H21F3N8O/c1-11-26-16-4-3-15(27-20(16)31(11)10-19(23)24)13-5-6-32-18(13)7-25-21(29-32)28-17-9-30(12(2)33)8-14(17)22/h3-7,14,17,19H,8-10H2,1-2H3,(H,28,29)/t14-,17-/m0/s1. The van der Waals surface area contributed by atoms with Gasteiger partial charge < -0.3 is 14.8 Å². The molecule has 0 aliphatic carbocycles. The zero-order valence-electron chi connectivity index (χ0n) is 17.9. The van der Waals surface area contributed by atoms with Gasteiger partial charge in [-0.15, -0.1) is 5.10 Å². The number of imidazole rings is 1. The average molecular weight is 458 g/mol. The fourth-order valence-corrected chi connectivity index (χ4v) is 4.13. The van der Waals surface area contributed by atoms with Crippen molar-refractivity contribution in [2.75, 3.05) is 18.4 Å². The first-order valence-electron chi connectivity index (χ1n) is 10.4. The third-order valence-corrected chi connectivity index (χ3v) is 5.80. The van der Waals surface area contributed by atoms with Crippen molar-refractivity contribution in [2.24, 2.45) is 0 Å². The van der Waals surface area contributed by atoms with Crippen LogP contribution in [0.2, 0.25) is 0 Å². The number of hydrogen-bond donors (Lipinski definition) is 1. The summed E-state index contributed by atoms with van der Waals surface area (Å²) in [6.07, 6.45) is -0.434. The van der Waals surface area contributed by atoms with Gasteiger partial charge in [-0.1, -0.05) is 0 Å². The second-order valence-electron chi connectivity index (χ2n) is 8.03. The first kappa shape index (κ1) is 21.2. The maximum atomic E-state index is 14.3. The van der Waals surface area contributed by atoms with Gasteiger partial charge in [-0.3, -0.25) is 4.79 Å². The van der Waals surface area contributed by atoms with Crippen molar-refractivity contribution in [1.82, 2.24) is 34.0 Å². The third kappa shape index (κ3) is 3.85. The van der Waals surface area contributed by atoms with Crippen LogP contribution in [0.5, 0.6) is 0 Å². The lowest BCUT2D eigenvalue weighted by Gasteiger charge is -2.15. The number of aryl methyl sites for hydroxylation is 1. The van der Waals surface area contributed by atoms with E-state index in [0.29, 0.717) is 28.2 Å². The molecule has 1 aliphatic heterocycles. The van der Waals surface area contributed by atoms with Crippen molar-refractivity contribution in [3.63, 3.8) is 0 Å². The molecule has 0 spiro atoms. The number of anilines is 1. The van der Waals surface area contributed by atoms with Crippen molar-refractivity contribution in [3.05, 3.63) is 36.4 Å². The van der Waals surface area contributed by atoms with Crippen LogP contribution in [-0.2, 0) is 11.3 Å². The number of halogens is 3. The molecule has 1 N–H and O–H groups in total. The Morgan fingerprint density at radius 1 is 1.24 bits per heavy atom.